The average Bonchev–Trinajstić information content (AvgIpc) is 3.16. The number of hydrazine groups is 1. The molecule has 7 nitrogen and oxygen atoms in total. The Morgan fingerprint density at radius 3 is 2.84 bits per heavy atom. The van der Waals surface area contributed by atoms with E-state index in [1.165, 1.54) is 12.3 Å². The third-order valence-electron chi connectivity index (χ3n) is 2.72. The smallest absolute Gasteiger partial charge is 0.358 e. The summed E-state index contributed by atoms with van der Waals surface area (Å²) in [6.07, 6.45) is -3.01. The first-order valence-electron chi connectivity index (χ1n) is 6.77. The van der Waals surface area contributed by atoms with E-state index in [-0.39, 0.29) is 21.6 Å². The van der Waals surface area contributed by atoms with Gasteiger partial charge in [0.15, 0.2) is 10.8 Å². The van der Waals surface area contributed by atoms with Crippen LogP contribution in [0, 0.1) is 6.92 Å². The number of carbonyl (C=O) groups is 1. The van der Waals surface area contributed by atoms with Crippen LogP contribution in [0.15, 0.2) is 24.1 Å². The second-order valence-corrected chi connectivity index (χ2v) is 5.92. The normalized spacial score (nSPS) is 11.0. The van der Waals surface area contributed by atoms with Crippen LogP contribution in [0.5, 0.6) is 0 Å². The highest BCUT2D eigenvalue weighted by Crippen LogP contribution is 2.32. The van der Waals surface area contributed by atoms with Gasteiger partial charge in [0.25, 0.3) is 5.91 Å². The molecule has 1 amide bonds. The summed E-state index contributed by atoms with van der Waals surface area (Å²) in [7, 11) is 0. The second-order valence-electron chi connectivity index (χ2n) is 4.67. The van der Waals surface area contributed by atoms with Crippen molar-refractivity contribution in [3.05, 3.63) is 41.2 Å². The topological polar surface area (TPSA) is 83.9 Å². The Labute approximate surface area is 149 Å². The van der Waals surface area contributed by atoms with Gasteiger partial charge in [0.05, 0.1) is 5.69 Å². The predicted molar refractivity (Wildman–Crippen MR) is 90.4 cm³/mol. The van der Waals surface area contributed by atoms with Crippen LogP contribution in [0.1, 0.15) is 21.9 Å². The van der Waals surface area contributed by atoms with Crippen LogP contribution in [-0.2, 0) is 6.18 Å². The number of hydrogen-bond donors (Lipinski definition) is 3. The molecule has 0 aromatic carbocycles. The Bertz CT molecular complexity index is 798. The minimum absolute atomic E-state index is 0.0692. The molecule has 0 radical (unpaired) electrons. The quantitative estimate of drug-likeness (QED) is 0.421. The first-order chi connectivity index (χ1) is 11.7. The van der Waals surface area contributed by atoms with Crippen molar-refractivity contribution in [1.29, 1.82) is 0 Å². The average molecular weight is 390 g/mol. The van der Waals surface area contributed by atoms with Crippen LogP contribution in [0.3, 0.4) is 0 Å². The summed E-state index contributed by atoms with van der Waals surface area (Å²) in [5.41, 5.74) is 3.89. The molecule has 0 saturated heterocycles. The van der Waals surface area contributed by atoms with Crippen molar-refractivity contribution >= 4 is 34.6 Å². The lowest BCUT2D eigenvalue weighted by Crippen LogP contribution is -2.46. The van der Waals surface area contributed by atoms with Crippen molar-refractivity contribution in [1.82, 2.24) is 30.9 Å². The Hall–Kier alpha value is -2.47. The van der Waals surface area contributed by atoms with E-state index in [9.17, 15) is 18.0 Å². The molecular formula is C13H13F3N6OS2. The highest BCUT2D eigenvalue weighted by molar-refractivity contribution is 7.80. The van der Waals surface area contributed by atoms with Gasteiger partial charge in [-0.2, -0.15) is 18.3 Å². The number of hydrogen-bond acceptors (Lipinski definition) is 5. The fourth-order valence-corrected chi connectivity index (χ4v) is 2.60. The van der Waals surface area contributed by atoms with Crippen LogP contribution in [-0.4, -0.2) is 32.3 Å². The first-order valence-corrected chi connectivity index (χ1v) is 8.06. The van der Waals surface area contributed by atoms with E-state index in [1.807, 2.05) is 0 Å². The van der Waals surface area contributed by atoms with E-state index in [1.54, 1.807) is 6.08 Å². The zero-order chi connectivity index (χ0) is 18.6. The summed E-state index contributed by atoms with van der Waals surface area (Å²) >= 11 is 5.75. The van der Waals surface area contributed by atoms with E-state index in [0.717, 1.165) is 17.4 Å². The number of nitrogens with zero attached hydrogens (tertiary/aromatic N) is 3. The molecule has 0 fully saturated rings. The monoisotopic (exact) mass is 390 g/mol. The number of aromatic nitrogens is 3. The Kier molecular flexibility index (Phi) is 5.74. The molecule has 0 spiro atoms. The number of alkyl halides is 3. The fraction of sp³-hybridized carbons (Fsp3) is 0.231. The maximum absolute atomic E-state index is 13.0. The second kappa shape index (κ2) is 7.61. The number of carbonyl (C=O) groups excluding carboxylic acids is 1. The van der Waals surface area contributed by atoms with Crippen molar-refractivity contribution in [3.63, 3.8) is 0 Å². The molecule has 2 aromatic rings. The molecule has 0 unspecified atom stereocenters. The standard InChI is InChI=1S/C13H13F3N6OS2/c1-3-4-17-11(24)20-19-10(23)8-6-25-12(18-8)22-9(13(14,15)16)5-7(2)21-22/h3,5-6H,1,4H2,2H3,(H,19,23)(H2,17,20,24). The molecule has 0 bridgehead atoms. The summed E-state index contributed by atoms with van der Waals surface area (Å²) < 4.78 is 39.7. The lowest BCUT2D eigenvalue weighted by molar-refractivity contribution is -0.142. The number of nitrogens with one attached hydrogen (secondary N) is 3. The van der Waals surface area contributed by atoms with Gasteiger partial charge in [0.1, 0.15) is 5.69 Å². The third-order valence-corrected chi connectivity index (χ3v) is 3.79. The number of thiocarbonyl (C=S) groups is 1. The van der Waals surface area contributed by atoms with Crippen molar-refractivity contribution in [2.75, 3.05) is 6.54 Å². The van der Waals surface area contributed by atoms with E-state index < -0.39 is 17.8 Å². The van der Waals surface area contributed by atoms with Gasteiger partial charge >= 0.3 is 6.18 Å². The summed E-state index contributed by atoms with van der Waals surface area (Å²) in [5.74, 6) is -0.650. The number of amides is 1. The zero-order valence-corrected chi connectivity index (χ0v) is 14.5. The third kappa shape index (κ3) is 4.76. The maximum atomic E-state index is 13.0. The van der Waals surface area contributed by atoms with Gasteiger partial charge in [0, 0.05) is 11.9 Å². The molecule has 0 aliphatic heterocycles. The van der Waals surface area contributed by atoms with E-state index >= 15 is 0 Å². The van der Waals surface area contributed by atoms with Gasteiger partial charge < -0.3 is 5.32 Å². The van der Waals surface area contributed by atoms with Gasteiger partial charge in [-0.3, -0.25) is 15.6 Å². The van der Waals surface area contributed by atoms with Crippen LogP contribution in [0.4, 0.5) is 13.2 Å². The minimum Gasteiger partial charge on any atom is -0.358 e. The molecule has 25 heavy (non-hydrogen) atoms. The van der Waals surface area contributed by atoms with Gasteiger partial charge in [-0.1, -0.05) is 6.08 Å². The summed E-state index contributed by atoms with van der Waals surface area (Å²) in [6, 6.07) is 0.909. The van der Waals surface area contributed by atoms with Crippen molar-refractivity contribution in [3.8, 4) is 5.13 Å². The van der Waals surface area contributed by atoms with E-state index in [0.29, 0.717) is 11.2 Å². The molecule has 3 N–H and O–H groups in total. The van der Waals surface area contributed by atoms with Crippen molar-refractivity contribution < 1.29 is 18.0 Å². The number of aryl methyl sites for hydroxylation is 1. The van der Waals surface area contributed by atoms with Gasteiger partial charge in [-0.05, 0) is 25.2 Å². The molecule has 134 valence electrons. The van der Waals surface area contributed by atoms with Crippen LogP contribution >= 0.6 is 23.6 Å². The van der Waals surface area contributed by atoms with Crippen LogP contribution < -0.4 is 16.2 Å². The summed E-state index contributed by atoms with van der Waals surface area (Å²) in [5, 5.41) is 7.92. The summed E-state index contributed by atoms with van der Waals surface area (Å²) in [6.45, 7) is 5.34. The number of rotatable bonds is 4. The van der Waals surface area contributed by atoms with Crippen LogP contribution in [0.2, 0.25) is 0 Å². The van der Waals surface area contributed by atoms with E-state index in [2.05, 4.69) is 32.8 Å². The molecule has 0 saturated carbocycles. The van der Waals surface area contributed by atoms with Gasteiger partial charge in [-0.25, -0.2) is 9.67 Å². The van der Waals surface area contributed by atoms with Gasteiger partial charge in [0.2, 0.25) is 5.13 Å². The highest BCUT2D eigenvalue weighted by atomic mass is 32.1. The summed E-state index contributed by atoms with van der Waals surface area (Å²) in [4.78, 5) is 15.9. The van der Waals surface area contributed by atoms with E-state index in [4.69, 9.17) is 12.2 Å². The lowest BCUT2D eigenvalue weighted by Gasteiger charge is -2.09. The molecule has 2 heterocycles. The Morgan fingerprint density at radius 2 is 2.20 bits per heavy atom. The maximum Gasteiger partial charge on any atom is 0.433 e. The van der Waals surface area contributed by atoms with Crippen molar-refractivity contribution in [2.24, 2.45) is 0 Å². The molecular weight excluding hydrogens is 377 g/mol. The molecule has 2 rings (SSSR count). The molecule has 0 aliphatic carbocycles. The number of thiazole rings is 1. The number of halogens is 3. The molecule has 0 atom stereocenters. The van der Waals surface area contributed by atoms with Crippen LogP contribution in [0.25, 0.3) is 5.13 Å². The Morgan fingerprint density at radius 1 is 1.48 bits per heavy atom. The van der Waals surface area contributed by atoms with Crippen molar-refractivity contribution in [2.45, 2.75) is 13.1 Å². The zero-order valence-electron chi connectivity index (χ0n) is 12.8. The molecule has 0 aliphatic rings. The molecule has 2 aromatic heterocycles. The highest BCUT2D eigenvalue weighted by Gasteiger charge is 2.36. The fourth-order valence-electron chi connectivity index (χ4n) is 1.70. The van der Waals surface area contributed by atoms with Gasteiger partial charge in [-0.15, -0.1) is 17.9 Å². The molecule has 12 heteroatoms. The lowest BCUT2D eigenvalue weighted by atomic mass is 10.3. The SMILES string of the molecule is C=CCNC(=S)NNC(=O)c1csc(-n2nc(C)cc2C(F)(F)F)n1. The minimum atomic E-state index is -4.58. The Balaban J connectivity index is 2.11. The predicted octanol–water partition coefficient (Wildman–Crippen LogP) is 1.95. The first kappa shape index (κ1) is 18.9. The largest absolute Gasteiger partial charge is 0.433 e.